The highest BCUT2D eigenvalue weighted by atomic mass is 16.6. The molecule has 5 nitrogen and oxygen atoms in total. The van der Waals surface area contributed by atoms with E-state index in [1.807, 2.05) is 24.3 Å². The van der Waals surface area contributed by atoms with E-state index < -0.39 is 4.92 Å². The number of nitro groups is 1. The van der Waals surface area contributed by atoms with Crippen molar-refractivity contribution in [2.24, 2.45) is 0 Å². The second-order valence-electron chi connectivity index (χ2n) is 5.44. The Kier molecular flexibility index (Phi) is 4.23. The molecule has 3 rings (SSSR count). The standard InChI is InChI=1S/C17H18N2O3/c20-19(21)15-10-8-14(9-11-15)18-12-13-4-1-2-7-17(13)22-16-5-3-6-16/h1-2,4,7-11,16,18H,3,5-6,12H2. The molecule has 0 spiro atoms. The molecule has 0 unspecified atom stereocenters. The lowest BCUT2D eigenvalue weighted by Gasteiger charge is -2.27. The lowest BCUT2D eigenvalue weighted by Crippen LogP contribution is -2.25. The first kappa shape index (κ1) is 14.4. The number of anilines is 1. The average molecular weight is 298 g/mol. The predicted octanol–water partition coefficient (Wildman–Crippen LogP) is 4.14. The summed E-state index contributed by atoms with van der Waals surface area (Å²) in [6, 6.07) is 14.4. The summed E-state index contributed by atoms with van der Waals surface area (Å²) >= 11 is 0. The molecule has 114 valence electrons. The minimum absolute atomic E-state index is 0.0965. The maximum Gasteiger partial charge on any atom is 0.269 e. The van der Waals surface area contributed by atoms with Crippen LogP contribution in [0, 0.1) is 10.1 Å². The number of nitrogens with one attached hydrogen (secondary N) is 1. The summed E-state index contributed by atoms with van der Waals surface area (Å²) in [6.07, 6.45) is 3.85. The summed E-state index contributed by atoms with van der Waals surface area (Å²) in [5, 5.41) is 13.9. The van der Waals surface area contributed by atoms with Gasteiger partial charge in [-0.2, -0.15) is 0 Å². The molecule has 1 fully saturated rings. The maximum atomic E-state index is 10.6. The van der Waals surface area contributed by atoms with Gasteiger partial charge in [0.15, 0.2) is 0 Å². The second-order valence-corrected chi connectivity index (χ2v) is 5.44. The molecule has 0 bridgehead atoms. The number of rotatable bonds is 6. The van der Waals surface area contributed by atoms with Crippen LogP contribution < -0.4 is 10.1 Å². The van der Waals surface area contributed by atoms with Crippen LogP contribution in [0.15, 0.2) is 48.5 Å². The number of non-ortho nitro benzene ring substituents is 1. The number of hydrogen-bond acceptors (Lipinski definition) is 4. The van der Waals surface area contributed by atoms with Crippen molar-refractivity contribution in [3.63, 3.8) is 0 Å². The molecule has 0 heterocycles. The van der Waals surface area contributed by atoms with E-state index in [0.29, 0.717) is 12.6 Å². The van der Waals surface area contributed by atoms with E-state index in [0.717, 1.165) is 29.8 Å². The Morgan fingerprint density at radius 1 is 1.14 bits per heavy atom. The van der Waals surface area contributed by atoms with E-state index in [-0.39, 0.29) is 5.69 Å². The highest BCUT2D eigenvalue weighted by molar-refractivity contribution is 5.49. The van der Waals surface area contributed by atoms with Gasteiger partial charge in [-0.3, -0.25) is 10.1 Å². The van der Waals surface area contributed by atoms with Crippen LogP contribution in [0.5, 0.6) is 5.75 Å². The summed E-state index contributed by atoms with van der Waals surface area (Å²) in [4.78, 5) is 10.2. The van der Waals surface area contributed by atoms with Gasteiger partial charge in [0, 0.05) is 29.9 Å². The molecule has 2 aromatic rings. The highest BCUT2D eigenvalue weighted by Crippen LogP contribution is 2.28. The monoisotopic (exact) mass is 298 g/mol. The Bertz CT molecular complexity index is 651. The normalized spacial score (nSPS) is 14.2. The summed E-state index contributed by atoms with van der Waals surface area (Å²) in [5.41, 5.74) is 2.04. The van der Waals surface area contributed by atoms with E-state index in [1.54, 1.807) is 12.1 Å². The fraction of sp³-hybridized carbons (Fsp3) is 0.294. The largest absolute Gasteiger partial charge is 0.490 e. The van der Waals surface area contributed by atoms with Gasteiger partial charge in [-0.05, 0) is 37.5 Å². The van der Waals surface area contributed by atoms with Gasteiger partial charge in [-0.1, -0.05) is 18.2 Å². The highest BCUT2D eigenvalue weighted by Gasteiger charge is 2.20. The number of hydrogen-bond donors (Lipinski definition) is 1. The molecule has 1 N–H and O–H groups in total. The third kappa shape index (κ3) is 3.36. The van der Waals surface area contributed by atoms with Crippen LogP contribution in [0.2, 0.25) is 0 Å². The van der Waals surface area contributed by atoms with Crippen molar-refractivity contribution >= 4 is 11.4 Å². The van der Waals surface area contributed by atoms with Crippen molar-refractivity contribution in [1.82, 2.24) is 0 Å². The first-order chi connectivity index (χ1) is 10.7. The van der Waals surface area contributed by atoms with Crippen LogP contribution >= 0.6 is 0 Å². The van der Waals surface area contributed by atoms with Gasteiger partial charge < -0.3 is 10.1 Å². The molecule has 1 aliphatic carbocycles. The molecule has 1 saturated carbocycles. The predicted molar refractivity (Wildman–Crippen MR) is 85.1 cm³/mol. The van der Waals surface area contributed by atoms with E-state index >= 15 is 0 Å². The fourth-order valence-electron chi connectivity index (χ4n) is 2.33. The summed E-state index contributed by atoms with van der Waals surface area (Å²) < 4.78 is 5.99. The van der Waals surface area contributed by atoms with Gasteiger partial charge >= 0.3 is 0 Å². The number of para-hydroxylation sites is 1. The third-order valence-corrected chi connectivity index (χ3v) is 3.88. The number of nitrogens with zero attached hydrogens (tertiary/aromatic N) is 1. The van der Waals surface area contributed by atoms with Crippen molar-refractivity contribution < 1.29 is 9.66 Å². The molecule has 0 aliphatic heterocycles. The van der Waals surface area contributed by atoms with Crippen molar-refractivity contribution in [1.29, 1.82) is 0 Å². The zero-order valence-electron chi connectivity index (χ0n) is 12.2. The quantitative estimate of drug-likeness (QED) is 0.643. The van der Waals surface area contributed by atoms with Gasteiger partial charge in [-0.25, -0.2) is 0 Å². The molecule has 0 atom stereocenters. The number of nitro benzene ring substituents is 1. The van der Waals surface area contributed by atoms with Crippen LogP contribution in [0.4, 0.5) is 11.4 Å². The lowest BCUT2D eigenvalue weighted by molar-refractivity contribution is -0.384. The van der Waals surface area contributed by atoms with E-state index in [2.05, 4.69) is 5.32 Å². The fourth-order valence-corrected chi connectivity index (χ4v) is 2.33. The van der Waals surface area contributed by atoms with Crippen LogP contribution in [-0.2, 0) is 6.54 Å². The lowest BCUT2D eigenvalue weighted by atomic mass is 9.96. The average Bonchev–Trinajstić information content (AvgIpc) is 2.50. The molecule has 1 aliphatic rings. The molecule has 22 heavy (non-hydrogen) atoms. The molecule has 0 aromatic heterocycles. The van der Waals surface area contributed by atoms with Gasteiger partial charge in [-0.15, -0.1) is 0 Å². The molecular formula is C17H18N2O3. The Labute approximate surface area is 129 Å². The summed E-state index contributed by atoms with van der Waals surface area (Å²) in [7, 11) is 0. The second kappa shape index (κ2) is 6.47. The molecule has 0 amide bonds. The maximum absolute atomic E-state index is 10.6. The molecule has 0 saturated heterocycles. The van der Waals surface area contributed by atoms with Crippen LogP contribution in [0.25, 0.3) is 0 Å². The van der Waals surface area contributed by atoms with Gasteiger partial charge in [0.2, 0.25) is 0 Å². The van der Waals surface area contributed by atoms with E-state index in [4.69, 9.17) is 4.74 Å². The SMILES string of the molecule is O=[N+]([O-])c1ccc(NCc2ccccc2OC2CCC2)cc1. The minimum Gasteiger partial charge on any atom is -0.490 e. The van der Waals surface area contributed by atoms with Gasteiger partial charge in [0.05, 0.1) is 11.0 Å². The van der Waals surface area contributed by atoms with Gasteiger partial charge in [0.25, 0.3) is 5.69 Å². The first-order valence-electron chi connectivity index (χ1n) is 7.45. The first-order valence-corrected chi connectivity index (χ1v) is 7.45. The van der Waals surface area contributed by atoms with Gasteiger partial charge in [0.1, 0.15) is 5.75 Å². The van der Waals surface area contributed by atoms with Crippen LogP contribution in [0.1, 0.15) is 24.8 Å². The zero-order valence-corrected chi connectivity index (χ0v) is 12.2. The Morgan fingerprint density at radius 3 is 2.50 bits per heavy atom. The minimum atomic E-state index is -0.397. The van der Waals surface area contributed by atoms with Crippen molar-refractivity contribution in [2.45, 2.75) is 31.9 Å². The molecule has 5 heteroatoms. The topological polar surface area (TPSA) is 64.4 Å². The van der Waals surface area contributed by atoms with Crippen molar-refractivity contribution in [2.75, 3.05) is 5.32 Å². The Morgan fingerprint density at radius 2 is 1.86 bits per heavy atom. The Hall–Kier alpha value is -2.56. The zero-order chi connectivity index (χ0) is 15.4. The molecule has 2 aromatic carbocycles. The third-order valence-electron chi connectivity index (χ3n) is 3.88. The van der Waals surface area contributed by atoms with E-state index in [9.17, 15) is 10.1 Å². The summed E-state index contributed by atoms with van der Waals surface area (Å²) in [6.45, 7) is 0.626. The number of ether oxygens (including phenoxy) is 1. The van der Waals surface area contributed by atoms with E-state index in [1.165, 1.54) is 18.6 Å². The molecular weight excluding hydrogens is 280 g/mol. The van der Waals surface area contributed by atoms with Crippen molar-refractivity contribution in [3.8, 4) is 5.75 Å². The summed E-state index contributed by atoms with van der Waals surface area (Å²) in [5.74, 6) is 0.918. The smallest absolute Gasteiger partial charge is 0.269 e. The number of benzene rings is 2. The molecule has 0 radical (unpaired) electrons. The Balaban J connectivity index is 1.64. The van der Waals surface area contributed by atoms with Crippen LogP contribution in [-0.4, -0.2) is 11.0 Å². The van der Waals surface area contributed by atoms with Crippen LogP contribution in [0.3, 0.4) is 0 Å². The van der Waals surface area contributed by atoms with Crippen molar-refractivity contribution in [3.05, 3.63) is 64.2 Å².